The minimum atomic E-state index is -5.33. The van der Waals surface area contributed by atoms with Gasteiger partial charge in [-0.15, -0.1) is 0 Å². The molecular weight excluding hydrogens is 534 g/mol. The molecule has 0 aliphatic carbocycles. The number of rotatable bonds is 6. The third-order valence-corrected chi connectivity index (χ3v) is 7.04. The molecule has 4 aromatic rings. The molecule has 208 valence electrons. The van der Waals surface area contributed by atoms with Crippen LogP contribution < -0.4 is 15.8 Å². The van der Waals surface area contributed by atoms with Gasteiger partial charge in [0.2, 0.25) is 11.5 Å². The van der Waals surface area contributed by atoms with Gasteiger partial charge in [0.1, 0.15) is 40.6 Å². The molecule has 0 saturated carbocycles. The number of hydrogen-bond acceptors (Lipinski definition) is 6. The highest BCUT2D eigenvalue weighted by molar-refractivity contribution is 5.93. The van der Waals surface area contributed by atoms with Gasteiger partial charge in [0.15, 0.2) is 0 Å². The molecule has 0 fully saturated rings. The van der Waals surface area contributed by atoms with E-state index in [0.717, 1.165) is 23.8 Å². The van der Waals surface area contributed by atoms with Crippen molar-refractivity contribution in [3.05, 3.63) is 83.2 Å². The van der Waals surface area contributed by atoms with Crippen LogP contribution in [0.3, 0.4) is 0 Å². The normalized spacial score (nSPS) is 18.2. The lowest BCUT2D eigenvalue weighted by Gasteiger charge is -2.31. The Kier molecular flexibility index (Phi) is 6.29. The Bertz CT molecular complexity index is 1650. The van der Waals surface area contributed by atoms with Crippen LogP contribution in [0.15, 0.2) is 54.9 Å². The van der Waals surface area contributed by atoms with Gasteiger partial charge in [-0.25, -0.2) is 14.4 Å². The summed E-state index contributed by atoms with van der Waals surface area (Å²) < 4.78 is 64.3. The fourth-order valence-electron chi connectivity index (χ4n) is 4.50. The number of ether oxygens (including phenoxy) is 1. The zero-order chi connectivity index (χ0) is 29.0. The summed E-state index contributed by atoms with van der Waals surface area (Å²) in [7, 11) is 0. The zero-order valence-corrected chi connectivity index (χ0v) is 21.2. The van der Waals surface area contributed by atoms with E-state index in [4.69, 9.17) is 10.5 Å². The van der Waals surface area contributed by atoms with Crippen molar-refractivity contribution in [1.82, 2.24) is 19.7 Å². The lowest BCUT2D eigenvalue weighted by Crippen LogP contribution is -2.52. The molecule has 3 aromatic heterocycles. The van der Waals surface area contributed by atoms with E-state index in [2.05, 4.69) is 15.3 Å². The van der Waals surface area contributed by atoms with Crippen LogP contribution in [-0.4, -0.2) is 50.6 Å². The third-order valence-electron chi connectivity index (χ3n) is 7.04. The van der Waals surface area contributed by atoms with Crippen molar-refractivity contribution < 1.29 is 37.0 Å². The lowest BCUT2D eigenvalue weighted by molar-refractivity contribution is -0.265. The van der Waals surface area contributed by atoms with E-state index in [0.29, 0.717) is 5.65 Å². The van der Waals surface area contributed by atoms with E-state index in [1.165, 1.54) is 25.3 Å². The first-order chi connectivity index (χ1) is 18.7. The van der Waals surface area contributed by atoms with Crippen molar-refractivity contribution in [3.63, 3.8) is 0 Å². The van der Waals surface area contributed by atoms with Gasteiger partial charge in [-0.1, -0.05) is 6.07 Å². The number of fused-ring (bicyclic) bond motifs is 2. The Balaban J connectivity index is 1.59. The molecular formula is C27H23F4N5O4. The molecule has 9 nitrogen and oxygen atoms in total. The number of carbonyl (C=O) groups excluding carboxylic acids is 2. The maximum Gasteiger partial charge on any atom is 0.424 e. The number of nitrogens with one attached hydrogen (secondary N) is 1. The summed E-state index contributed by atoms with van der Waals surface area (Å²) in [6.45, 7) is 1.53. The van der Waals surface area contributed by atoms with Gasteiger partial charge in [0.05, 0.1) is 12.2 Å². The summed E-state index contributed by atoms with van der Waals surface area (Å²) in [5, 5.41) is 13.2. The van der Waals surface area contributed by atoms with E-state index in [-0.39, 0.29) is 34.9 Å². The van der Waals surface area contributed by atoms with Crippen molar-refractivity contribution in [2.24, 2.45) is 5.73 Å². The van der Waals surface area contributed by atoms with Crippen LogP contribution in [0.2, 0.25) is 0 Å². The maximum absolute atomic E-state index is 14.5. The Hall–Kier alpha value is -4.52. The number of halogens is 4. The molecule has 1 aliphatic heterocycles. The molecule has 4 N–H and O–H groups in total. The van der Waals surface area contributed by atoms with Crippen LogP contribution >= 0.6 is 0 Å². The second kappa shape index (κ2) is 9.30. The monoisotopic (exact) mass is 557 g/mol. The average molecular weight is 558 g/mol. The number of benzene rings is 1. The molecule has 13 heteroatoms. The van der Waals surface area contributed by atoms with E-state index >= 15 is 0 Å². The molecule has 40 heavy (non-hydrogen) atoms. The number of primary amides is 1. The fraction of sp³-hybridized carbons (Fsp3) is 0.259. The molecule has 5 rings (SSSR count). The van der Waals surface area contributed by atoms with E-state index in [9.17, 15) is 32.3 Å². The number of aryl methyl sites for hydroxylation is 1. The maximum atomic E-state index is 14.5. The van der Waals surface area contributed by atoms with Crippen LogP contribution in [0.5, 0.6) is 5.75 Å². The van der Waals surface area contributed by atoms with Crippen LogP contribution in [0, 0.1) is 12.7 Å². The molecule has 2 atom stereocenters. The average Bonchev–Trinajstić information content (AvgIpc) is 3.50. The number of nitrogens with zero attached hydrogens (tertiary/aromatic N) is 3. The van der Waals surface area contributed by atoms with Crippen LogP contribution in [0.4, 0.5) is 17.6 Å². The van der Waals surface area contributed by atoms with Crippen molar-refractivity contribution in [1.29, 1.82) is 0 Å². The molecule has 0 bridgehead atoms. The molecule has 0 radical (unpaired) electrons. The smallest absolute Gasteiger partial charge is 0.424 e. The minimum Gasteiger partial charge on any atom is -0.489 e. The van der Waals surface area contributed by atoms with Crippen molar-refractivity contribution in [2.45, 2.75) is 31.0 Å². The highest BCUT2D eigenvalue weighted by Crippen LogP contribution is 2.47. The second-order valence-corrected chi connectivity index (χ2v) is 9.81. The van der Waals surface area contributed by atoms with Gasteiger partial charge in [-0.3, -0.25) is 9.59 Å². The van der Waals surface area contributed by atoms with Gasteiger partial charge in [-0.2, -0.15) is 13.2 Å². The van der Waals surface area contributed by atoms with Crippen molar-refractivity contribution >= 4 is 17.5 Å². The number of aliphatic hydroxyl groups is 1. The summed E-state index contributed by atoms with van der Waals surface area (Å²) in [5.41, 5.74) is 0.381. The lowest BCUT2D eigenvalue weighted by atomic mass is 9.81. The number of aromatic nitrogens is 3. The van der Waals surface area contributed by atoms with E-state index < -0.39 is 47.1 Å². The van der Waals surface area contributed by atoms with Crippen LogP contribution in [0.1, 0.15) is 34.2 Å². The SMILES string of the molecule is Cc1cccn2cc(C(=O)NC[C@](O)(c3cc4c(c(-c5ccc(F)cc5)n3)OC[C@]4(C)C(N)=O)C(F)(F)F)nc12. The summed E-state index contributed by atoms with van der Waals surface area (Å²) in [5.74, 6) is -2.46. The quantitative estimate of drug-likeness (QED) is 0.312. The Morgan fingerprint density at radius 2 is 1.90 bits per heavy atom. The molecule has 0 spiro atoms. The first-order valence-electron chi connectivity index (χ1n) is 12.0. The van der Waals surface area contributed by atoms with Crippen LogP contribution in [-0.2, 0) is 15.8 Å². The highest BCUT2D eigenvalue weighted by Gasteiger charge is 2.57. The first-order valence-corrected chi connectivity index (χ1v) is 12.0. The van der Waals surface area contributed by atoms with Crippen molar-refractivity contribution in [3.8, 4) is 17.0 Å². The number of imidazole rings is 1. The van der Waals surface area contributed by atoms with E-state index in [1.54, 1.807) is 29.7 Å². The molecule has 0 unspecified atom stereocenters. The predicted molar refractivity (Wildman–Crippen MR) is 134 cm³/mol. The largest absolute Gasteiger partial charge is 0.489 e. The molecule has 4 heterocycles. The second-order valence-electron chi connectivity index (χ2n) is 9.81. The van der Waals surface area contributed by atoms with Gasteiger partial charge in [0, 0.05) is 23.5 Å². The Morgan fingerprint density at radius 1 is 1.20 bits per heavy atom. The fourth-order valence-corrected chi connectivity index (χ4v) is 4.50. The van der Waals surface area contributed by atoms with Gasteiger partial charge in [0.25, 0.3) is 5.91 Å². The van der Waals surface area contributed by atoms with Gasteiger partial charge in [-0.05, 0) is 55.8 Å². The van der Waals surface area contributed by atoms with Crippen molar-refractivity contribution in [2.75, 3.05) is 13.2 Å². The third kappa shape index (κ3) is 4.31. The first kappa shape index (κ1) is 27.1. The summed E-state index contributed by atoms with van der Waals surface area (Å²) in [6.07, 6.45) is -2.36. The molecule has 2 amide bonds. The van der Waals surface area contributed by atoms with E-state index in [1.807, 2.05) is 0 Å². The summed E-state index contributed by atoms with van der Waals surface area (Å²) >= 11 is 0. The van der Waals surface area contributed by atoms with Crippen LogP contribution in [0.25, 0.3) is 16.9 Å². The zero-order valence-electron chi connectivity index (χ0n) is 21.2. The summed E-state index contributed by atoms with van der Waals surface area (Å²) in [4.78, 5) is 33.4. The Labute approximate surface area is 224 Å². The highest BCUT2D eigenvalue weighted by atomic mass is 19.4. The number of hydrogen-bond donors (Lipinski definition) is 3. The van der Waals surface area contributed by atoms with Gasteiger partial charge < -0.3 is 25.3 Å². The molecule has 1 aromatic carbocycles. The topological polar surface area (TPSA) is 132 Å². The van der Waals surface area contributed by atoms with Gasteiger partial charge >= 0.3 is 6.18 Å². The number of nitrogens with two attached hydrogens (primary N) is 1. The molecule has 0 saturated heterocycles. The number of alkyl halides is 3. The Morgan fingerprint density at radius 3 is 2.52 bits per heavy atom. The minimum absolute atomic E-state index is 0.0229. The standard InChI is InChI=1S/C27H23F4N5O4/c1-14-4-3-9-36-11-18(34-22(14)36)23(37)33-12-26(39,27(29,30)31)19-10-17-21(40-13-25(17,2)24(32)38)20(35-19)15-5-7-16(28)8-6-15/h3-11,39H,12-13H2,1-2H3,(H2,32,38)(H,33,37)/t25-,26-/m0/s1. The predicted octanol–water partition coefficient (Wildman–Crippen LogP) is 3.16. The number of carbonyl (C=O) groups is 2. The molecule has 1 aliphatic rings. The number of pyridine rings is 2. The summed E-state index contributed by atoms with van der Waals surface area (Å²) in [6, 6.07) is 9.06. The number of amides is 2.